The van der Waals surface area contributed by atoms with E-state index >= 15 is 4.39 Å². The monoisotopic (exact) mass is 704 g/mol. The highest BCUT2D eigenvalue weighted by atomic mass is 19.3. The number of halogens is 5. The molecule has 268 valence electrons. The van der Waals surface area contributed by atoms with Crippen LogP contribution < -0.4 is 15.4 Å². The quantitative estimate of drug-likeness (QED) is 0.260. The minimum absolute atomic E-state index is 0.0151. The number of carbonyl (C=O) groups excluding carboxylic acids is 3. The number of hydrogen-bond acceptors (Lipinski definition) is 6. The molecule has 0 bridgehead atoms. The smallest absolute Gasteiger partial charge is 0.387 e. The summed E-state index contributed by atoms with van der Waals surface area (Å²) in [7, 11) is 3.63. The summed E-state index contributed by atoms with van der Waals surface area (Å²) < 4.78 is 75.3. The van der Waals surface area contributed by atoms with Gasteiger partial charge in [0.25, 0.3) is 11.8 Å². The lowest BCUT2D eigenvalue weighted by molar-refractivity contribution is -0.918. The number of hydrogen-bond donors (Lipinski definition) is 2. The molecule has 3 saturated heterocycles. The number of aromatic nitrogens is 2. The molecule has 0 saturated carbocycles. The standard InChI is InChI=1S/C34H38F5N7O4/c1-43-26(24-5-6-27(50-34(38)39)29(37)28(24)36)18-41-30(43)31(47)42-22-3-4-23(25(35)15-22)33(49)45-11-9-44(10-12-45)32(48)21-7-13-46(2,14-8-21)19-20-16-40-17-20/h3-6,15,18,20-21,34,40H,7-14,16-17,19H2,1-2H3/p+1. The van der Waals surface area contributed by atoms with Gasteiger partial charge in [-0.1, -0.05) is 0 Å². The van der Waals surface area contributed by atoms with E-state index in [0.717, 1.165) is 79.0 Å². The number of ether oxygens (including phenoxy) is 1. The second-order valence-corrected chi connectivity index (χ2v) is 13.5. The highest BCUT2D eigenvalue weighted by Gasteiger charge is 2.38. The van der Waals surface area contributed by atoms with E-state index < -0.39 is 41.6 Å². The van der Waals surface area contributed by atoms with Gasteiger partial charge in [-0.25, -0.2) is 13.8 Å². The normalized spacial score (nSPS) is 21.2. The van der Waals surface area contributed by atoms with E-state index in [9.17, 15) is 31.9 Å². The second kappa shape index (κ2) is 14.3. The molecule has 0 unspecified atom stereocenters. The summed E-state index contributed by atoms with van der Waals surface area (Å²) in [6.45, 7) is 3.14. The third-order valence-electron chi connectivity index (χ3n) is 10.0. The summed E-state index contributed by atoms with van der Waals surface area (Å²) in [5, 5.41) is 5.79. The highest BCUT2D eigenvalue weighted by Crippen LogP contribution is 2.31. The van der Waals surface area contributed by atoms with Crippen molar-refractivity contribution >= 4 is 23.4 Å². The molecule has 3 aromatic rings. The van der Waals surface area contributed by atoms with E-state index in [1.807, 2.05) is 0 Å². The number of anilines is 1. The van der Waals surface area contributed by atoms with Gasteiger partial charge in [0.15, 0.2) is 17.4 Å². The van der Waals surface area contributed by atoms with Gasteiger partial charge in [0.1, 0.15) is 5.82 Å². The second-order valence-electron chi connectivity index (χ2n) is 13.5. The van der Waals surface area contributed by atoms with Crippen LogP contribution in [0.2, 0.25) is 0 Å². The molecule has 2 aromatic carbocycles. The molecule has 4 heterocycles. The van der Waals surface area contributed by atoms with E-state index in [0.29, 0.717) is 19.0 Å². The highest BCUT2D eigenvalue weighted by molar-refractivity contribution is 6.03. The maximum absolute atomic E-state index is 15.2. The van der Waals surface area contributed by atoms with Crippen molar-refractivity contribution < 1.29 is 45.6 Å². The predicted octanol–water partition coefficient (Wildman–Crippen LogP) is 3.72. The Kier molecular flexibility index (Phi) is 10.1. The van der Waals surface area contributed by atoms with Crippen molar-refractivity contribution in [3.63, 3.8) is 0 Å². The molecule has 3 aliphatic heterocycles. The van der Waals surface area contributed by atoms with Crippen molar-refractivity contribution in [3.05, 3.63) is 65.4 Å². The van der Waals surface area contributed by atoms with Crippen molar-refractivity contribution in [2.75, 3.05) is 71.3 Å². The van der Waals surface area contributed by atoms with E-state index in [2.05, 4.69) is 27.4 Å². The number of nitrogens with one attached hydrogen (secondary N) is 2. The maximum atomic E-state index is 15.2. The zero-order valence-corrected chi connectivity index (χ0v) is 27.7. The van der Waals surface area contributed by atoms with Crippen molar-refractivity contribution in [2.45, 2.75) is 19.5 Å². The van der Waals surface area contributed by atoms with Gasteiger partial charge in [0.05, 0.1) is 44.1 Å². The van der Waals surface area contributed by atoms with E-state index in [1.165, 1.54) is 24.1 Å². The SMILES string of the molecule is Cn1c(-c2ccc(OC(F)F)c(F)c2F)cnc1C(=O)Nc1ccc(C(=O)N2CCN(C(=O)C3CC[N+](C)(CC4CNC4)CC3)CC2)c(F)c1. The average molecular weight is 705 g/mol. The van der Waals surface area contributed by atoms with Crippen LogP contribution in [0, 0.1) is 29.3 Å². The molecule has 16 heteroatoms. The van der Waals surface area contributed by atoms with Crippen LogP contribution in [0.15, 0.2) is 36.5 Å². The fourth-order valence-electron chi connectivity index (χ4n) is 7.02. The molecule has 50 heavy (non-hydrogen) atoms. The minimum atomic E-state index is -3.35. The van der Waals surface area contributed by atoms with Crippen LogP contribution in [0.3, 0.4) is 0 Å². The number of imidazole rings is 1. The third-order valence-corrected chi connectivity index (χ3v) is 10.0. The number of piperidine rings is 1. The minimum Gasteiger partial charge on any atom is -0.432 e. The Hall–Kier alpha value is -4.57. The number of quaternary nitrogens is 1. The molecule has 3 fully saturated rings. The first-order chi connectivity index (χ1) is 23.8. The van der Waals surface area contributed by atoms with Crippen molar-refractivity contribution in [1.82, 2.24) is 24.7 Å². The Morgan fingerprint density at radius 3 is 2.30 bits per heavy atom. The number of alkyl halides is 2. The summed E-state index contributed by atoms with van der Waals surface area (Å²) in [6, 6.07) is 5.44. The Labute approximate surface area is 285 Å². The number of piperazine rings is 1. The van der Waals surface area contributed by atoms with Gasteiger partial charge < -0.3 is 34.2 Å². The maximum Gasteiger partial charge on any atom is 0.387 e. The number of carbonyl (C=O) groups is 3. The molecule has 0 atom stereocenters. The average Bonchev–Trinajstić information content (AvgIpc) is 3.45. The van der Waals surface area contributed by atoms with E-state index in [1.54, 1.807) is 4.90 Å². The lowest BCUT2D eigenvalue weighted by Crippen LogP contribution is -2.59. The third kappa shape index (κ3) is 7.31. The topological polar surface area (TPSA) is 109 Å². The van der Waals surface area contributed by atoms with E-state index in [4.69, 9.17) is 0 Å². The first-order valence-corrected chi connectivity index (χ1v) is 16.5. The predicted molar refractivity (Wildman–Crippen MR) is 172 cm³/mol. The lowest BCUT2D eigenvalue weighted by atomic mass is 9.91. The Morgan fingerprint density at radius 1 is 1.00 bits per heavy atom. The molecular formula is C34H39F5N7O4+. The Bertz CT molecular complexity index is 1770. The van der Waals surface area contributed by atoms with Gasteiger partial charge in [-0.15, -0.1) is 0 Å². The van der Waals surface area contributed by atoms with Gasteiger partial charge in [-0.05, 0) is 30.3 Å². The molecule has 3 amide bonds. The summed E-state index contributed by atoms with van der Waals surface area (Å²) in [4.78, 5) is 46.8. The molecular weight excluding hydrogens is 665 g/mol. The molecule has 0 spiro atoms. The number of rotatable bonds is 9. The van der Waals surface area contributed by atoms with Crippen LogP contribution in [0.4, 0.5) is 27.6 Å². The van der Waals surface area contributed by atoms with Crippen molar-refractivity contribution in [2.24, 2.45) is 18.9 Å². The molecule has 0 aliphatic carbocycles. The van der Waals surface area contributed by atoms with Crippen molar-refractivity contribution in [3.8, 4) is 17.0 Å². The van der Waals surface area contributed by atoms with Gasteiger partial charge in [-0.2, -0.15) is 13.2 Å². The molecule has 3 aliphatic rings. The van der Waals surface area contributed by atoms with Crippen LogP contribution in [0.25, 0.3) is 11.3 Å². The largest absolute Gasteiger partial charge is 0.432 e. The number of likely N-dealkylation sites (tertiary alicyclic amines) is 1. The lowest BCUT2D eigenvalue weighted by Gasteiger charge is -2.45. The molecule has 1 aromatic heterocycles. The summed E-state index contributed by atoms with van der Waals surface area (Å²) in [5.41, 5.74) is -0.570. The van der Waals surface area contributed by atoms with Crippen LogP contribution in [0.5, 0.6) is 5.75 Å². The number of benzene rings is 2. The Balaban J connectivity index is 1.03. The van der Waals surface area contributed by atoms with Crippen LogP contribution in [-0.4, -0.2) is 114 Å². The van der Waals surface area contributed by atoms with Gasteiger partial charge in [0.2, 0.25) is 11.7 Å². The molecule has 2 N–H and O–H groups in total. The zero-order chi connectivity index (χ0) is 35.7. The van der Waals surface area contributed by atoms with Crippen LogP contribution >= 0.6 is 0 Å². The summed E-state index contributed by atoms with van der Waals surface area (Å²) in [5.74, 6) is -5.72. The number of nitrogens with zero attached hydrogens (tertiary/aromatic N) is 5. The van der Waals surface area contributed by atoms with E-state index in [-0.39, 0.29) is 53.2 Å². The van der Waals surface area contributed by atoms with Gasteiger partial charge >= 0.3 is 6.61 Å². The fraction of sp³-hybridized carbons (Fsp3) is 0.471. The van der Waals surface area contributed by atoms with Gasteiger partial charge in [-0.3, -0.25) is 14.4 Å². The van der Waals surface area contributed by atoms with Crippen LogP contribution in [-0.2, 0) is 11.8 Å². The summed E-state index contributed by atoms with van der Waals surface area (Å²) >= 11 is 0. The molecule has 0 radical (unpaired) electrons. The van der Waals surface area contributed by atoms with Crippen LogP contribution in [0.1, 0.15) is 33.8 Å². The molecule has 11 nitrogen and oxygen atoms in total. The molecule has 6 rings (SSSR count). The summed E-state index contributed by atoms with van der Waals surface area (Å²) in [6.07, 6.45) is 2.78. The number of amides is 3. The first kappa shape index (κ1) is 35.3. The zero-order valence-electron chi connectivity index (χ0n) is 27.7. The Morgan fingerprint density at radius 2 is 1.68 bits per heavy atom. The van der Waals surface area contributed by atoms with Gasteiger partial charge in [0, 0.05) is 82.2 Å². The van der Waals surface area contributed by atoms with Crippen molar-refractivity contribution in [1.29, 1.82) is 0 Å². The first-order valence-electron chi connectivity index (χ1n) is 16.5. The fourth-order valence-corrected chi connectivity index (χ4v) is 7.02.